The number of nitrogens with zero attached hydrogens (tertiary/aromatic N) is 2. The van der Waals surface area contributed by atoms with E-state index >= 15 is 0 Å². The summed E-state index contributed by atoms with van der Waals surface area (Å²) in [4.78, 5) is 12.3. The monoisotopic (exact) mass is 499 g/mol. The number of benzene rings is 2. The number of H-pyrrole nitrogens is 1. The van der Waals surface area contributed by atoms with Crippen LogP contribution in [0.3, 0.4) is 0 Å². The first-order valence-electron chi connectivity index (χ1n) is 10.5. The molecule has 1 amide bonds. The van der Waals surface area contributed by atoms with Gasteiger partial charge in [0.15, 0.2) is 18.1 Å². The average molecular weight is 499 g/mol. The molecule has 3 aromatic rings. The highest BCUT2D eigenvalue weighted by atomic mass is 19.4. The van der Waals surface area contributed by atoms with Crippen LogP contribution in [0, 0.1) is 18.3 Å². The molecule has 0 radical (unpaired) electrons. The van der Waals surface area contributed by atoms with Crippen molar-refractivity contribution in [3.63, 3.8) is 0 Å². The number of allylic oxidation sites excluding steroid dienone is 1. The summed E-state index contributed by atoms with van der Waals surface area (Å²) >= 11 is 0. The van der Waals surface area contributed by atoms with Crippen molar-refractivity contribution in [2.75, 3.05) is 19.0 Å². The second-order valence-corrected chi connectivity index (χ2v) is 7.78. The number of hydrogen-bond acceptors (Lipinski definition) is 7. The summed E-state index contributed by atoms with van der Waals surface area (Å²) in [7, 11) is 1.39. The van der Waals surface area contributed by atoms with E-state index in [1.807, 2.05) is 0 Å². The van der Waals surface area contributed by atoms with Gasteiger partial charge in [0.1, 0.15) is 11.6 Å². The Labute approximate surface area is 203 Å². The number of halogens is 3. The van der Waals surface area contributed by atoms with E-state index in [4.69, 9.17) is 19.9 Å². The molecule has 12 heteroatoms. The summed E-state index contributed by atoms with van der Waals surface area (Å²) in [5.74, 6) is -0.792. The Morgan fingerprint density at radius 2 is 2.03 bits per heavy atom. The number of methoxy groups -OCH3 is 1. The van der Waals surface area contributed by atoms with Crippen molar-refractivity contribution in [3.8, 4) is 23.4 Å². The lowest BCUT2D eigenvalue weighted by Crippen LogP contribution is -2.22. The number of aryl methyl sites for hydroxylation is 1. The molecule has 0 fully saturated rings. The van der Waals surface area contributed by atoms with Gasteiger partial charge in [-0.2, -0.15) is 18.4 Å². The lowest BCUT2D eigenvalue weighted by molar-refractivity contribution is -0.137. The van der Waals surface area contributed by atoms with Crippen molar-refractivity contribution in [2.24, 2.45) is 5.73 Å². The molecule has 0 bridgehead atoms. The minimum Gasteiger partial charge on any atom is -0.493 e. The van der Waals surface area contributed by atoms with Crippen molar-refractivity contribution >= 4 is 11.6 Å². The van der Waals surface area contributed by atoms with Gasteiger partial charge < -0.3 is 25.3 Å². The normalized spacial score (nSPS) is 14.9. The van der Waals surface area contributed by atoms with Crippen molar-refractivity contribution in [3.05, 3.63) is 76.3 Å². The molecular formula is C24H20F3N5O4. The highest BCUT2D eigenvalue weighted by Crippen LogP contribution is 2.44. The zero-order chi connectivity index (χ0) is 26.0. The fraction of sp³-hybridized carbons (Fsp3) is 0.208. The Bertz CT molecular complexity index is 1390. The van der Waals surface area contributed by atoms with Crippen LogP contribution in [0.15, 0.2) is 53.9 Å². The SMILES string of the molecule is COc1cc(C2C(C#N)=C(N)Oc3n[nH]c(C)c32)ccc1OCC(=O)Nc1ccccc1C(F)(F)F. The number of carbonyl (C=O) groups is 1. The second-order valence-electron chi connectivity index (χ2n) is 7.78. The zero-order valence-electron chi connectivity index (χ0n) is 19.1. The average Bonchev–Trinajstić information content (AvgIpc) is 3.21. The molecule has 0 saturated carbocycles. The van der Waals surface area contributed by atoms with Crippen LogP contribution in [-0.2, 0) is 11.0 Å². The zero-order valence-corrected chi connectivity index (χ0v) is 19.1. The van der Waals surface area contributed by atoms with Gasteiger partial charge in [0.25, 0.3) is 5.91 Å². The number of rotatable bonds is 6. The molecule has 0 saturated heterocycles. The van der Waals surface area contributed by atoms with E-state index in [0.29, 0.717) is 16.8 Å². The van der Waals surface area contributed by atoms with E-state index in [-0.39, 0.29) is 34.5 Å². The standard InChI is InChI=1S/C24H20F3N5O4/c1-12-20-21(14(10-28)22(29)36-23(20)32-31-12)13-7-8-17(18(9-13)34-2)35-11-19(33)30-16-6-4-3-5-15(16)24(25,26)27/h3-9,21H,11,29H2,1-2H3,(H,30,33)(H,31,32). The van der Waals surface area contributed by atoms with Gasteiger partial charge in [-0.3, -0.25) is 9.89 Å². The number of anilines is 1. The van der Waals surface area contributed by atoms with Crippen LogP contribution in [0.2, 0.25) is 0 Å². The molecular weight excluding hydrogens is 479 g/mol. The van der Waals surface area contributed by atoms with Gasteiger partial charge in [0, 0.05) is 11.3 Å². The number of ether oxygens (including phenoxy) is 3. The summed E-state index contributed by atoms with van der Waals surface area (Å²) in [6, 6.07) is 11.5. The fourth-order valence-corrected chi connectivity index (χ4v) is 3.88. The molecule has 0 spiro atoms. The van der Waals surface area contributed by atoms with Gasteiger partial charge in [-0.15, -0.1) is 5.10 Å². The largest absolute Gasteiger partial charge is 0.493 e. The number of hydrogen-bond donors (Lipinski definition) is 3. The molecule has 186 valence electrons. The molecule has 0 aliphatic carbocycles. The maximum Gasteiger partial charge on any atom is 0.418 e. The van der Waals surface area contributed by atoms with Crippen LogP contribution in [0.4, 0.5) is 18.9 Å². The molecule has 1 aliphatic rings. The quantitative estimate of drug-likeness (QED) is 0.467. The summed E-state index contributed by atoms with van der Waals surface area (Å²) < 4.78 is 55.9. The summed E-state index contributed by atoms with van der Waals surface area (Å²) in [5.41, 5.74) is 6.72. The van der Waals surface area contributed by atoms with E-state index in [0.717, 1.165) is 12.1 Å². The number of alkyl halides is 3. The van der Waals surface area contributed by atoms with Crippen LogP contribution < -0.4 is 25.3 Å². The molecule has 1 unspecified atom stereocenters. The van der Waals surface area contributed by atoms with Gasteiger partial charge in [-0.05, 0) is 36.8 Å². The van der Waals surface area contributed by atoms with Gasteiger partial charge in [-0.1, -0.05) is 18.2 Å². The molecule has 4 rings (SSSR count). The smallest absolute Gasteiger partial charge is 0.418 e. The lowest BCUT2D eigenvalue weighted by Gasteiger charge is -2.24. The van der Waals surface area contributed by atoms with E-state index in [2.05, 4.69) is 21.6 Å². The number of nitrogens with two attached hydrogens (primary N) is 1. The number of fused-ring (bicyclic) bond motifs is 1. The first-order chi connectivity index (χ1) is 17.1. The third-order valence-corrected chi connectivity index (χ3v) is 5.52. The maximum atomic E-state index is 13.2. The number of carbonyl (C=O) groups excluding carboxylic acids is 1. The molecule has 36 heavy (non-hydrogen) atoms. The third-order valence-electron chi connectivity index (χ3n) is 5.52. The first kappa shape index (κ1) is 24.5. The molecule has 1 atom stereocenters. The van der Waals surface area contributed by atoms with E-state index in [1.54, 1.807) is 19.1 Å². The first-order valence-corrected chi connectivity index (χ1v) is 10.5. The number of nitriles is 1. The van der Waals surface area contributed by atoms with Gasteiger partial charge in [0.05, 0.1) is 24.3 Å². The van der Waals surface area contributed by atoms with Crippen molar-refractivity contribution in [2.45, 2.75) is 19.0 Å². The topological polar surface area (TPSA) is 135 Å². The third kappa shape index (κ3) is 4.63. The van der Waals surface area contributed by atoms with Crippen LogP contribution in [0.5, 0.6) is 17.4 Å². The number of amides is 1. The highest BCUT2D eigenvalue weighted by molar-refractivity contribution is 5.92. The fourth-order valence-electron chi connectivity index (χ4n) is 3.88. The van der Waals surface area contributed by atoms with Crippen molar-refractivity contribution < 1.29 is 32.2 Å². The Hall–Kier alpha value is -4.66. The van der Waals surface area contributed by atoms with Crippen molar-refractivity contribution in [1.82, 2.24) is 10.2 Å². The van der Waals surface area contributed by atoms with Crippen LogP contribution in [-0.4, -0.2) is 29.8 Å². The Morgan fingerprint density at radius 1 is 1.28 bits per heavy atom. The second kappa shape index (κ2) is 9.53. The molecule has 4 N–H and O–H groups in total. The Balaban J connectivity index is 1.55. The molecule has 1 aliphatic heterocycles. The number of nitrogens with one attached hydrogen (secondary N) is 2. The minimum absolute atomic E-state index is 0.0726. The predicted molar refractivity (Wildman–Crippen MR) is 121 cm³/mol. The number of para-hydroxylation sites is 1. The maximum absolute atomic E-state index is 13.2. The van der Waals surface area contributed by atoms with E-state index < -0.39 is 30.2 Å². The Morgan fingerprint density at radius 3 is 2.72 bits per heavy atom. The number of aromatic amines is 1. The summed E-state index contributed by atoms with van der Waals surface area (Å²) in [6.07, 6.45) is -4.62. The Kier molecular flexibility index (Phi) is 6.48. The predicted octanol–water partition coefficient (Wildman–Crippen LogP) is 3.98. The van der Waals surface area contributed by atoms with Crippen molar-refractivity contribution in [1.29, 1.82) is 5.26 Å². The van der Waals surface area contributed by atoms with Gasteiger partial charge in [0.2, 0.25) is 11.8 Å². The summed E-state index contributed by atoms with van der Waals surface area (Å²) in [5, 5.41) is 18.8. The molecule has 1 aromatic heterocycles. The molecule has 2 aromatic carbocycles. The van der Waals surface area contributed by atoms with E-state index in [9.17, 15) is 23.2 Å². The van der Waals surface area contributed by atoms with Crippen LogP contribution in [0.1, 0.15) is 28.3 Å². The van der Waals surface area contributed by atoms with Gasteiger partial charge in [-0.25, -0.2) is 0 Å². The summed E-state index contributed by atoms with van der Waals surface area (Å²) in [6.45, 7) is 1.21. The minimum atomic E-state index is -4.62. The van der Waals surface area contributed by atoms with E-state index in [1.165, 1.54) is 25.3 Å². The number of aromatic nitrogens is 2. The molecule has 2 heterocycles. The van der Waals surface area contributed by atoms with Crippen LogP contribution in [0.25, 0.3) is 0 Å². The molecule has 9 nitrogen and oxygen atoms in total. The van der Waals surface area contributed by atoms with Crippen LogP contribution >= 0.6 is 0 Å². The van der Waals surface area contributed by atoms with Gasteiger partial charge >= 0.3 is 6.18 Å². The lowest BCUT2D eigenvalue weighted by atomic mass is 9.84. The highest BCUT2D eigenvalue weighted by Gasteiger charge is 2.35.